The molecular formula is C17H30BOS. The third kappa shape index (κ3) is 6.85. The zero-order valence-electron chi connectivity index (χ0n) is 14.0. The lowest BCUT2D eigenvalue weighted by Gasteiger charge is -2.38. The van der Waals surface area contributed by atoms with Crippen LogP contribution in [0.1, 0.15) is 60.8 Å². The van der Waals surface area contributed by atoms with E-state index in [9.17, 15) is 0 Å². The highest BCUT2D eigenvalue weighted by Crippen LogP contribution is 2.31. The number of unbranched alkanes of at least 4 members (excludes halogenated alkanes) is 1. The topological polar surface area (TPSA) is 9.23 Å². The minimum absolute atomic E-state index is 0.222. The van der Waals surface area contributed by atoms with Gasteiger partial charge in [0.2, 0.25) is 0 Å². The van der Waals surface area contributed by atoms with Gasteiger partial charge in [0.1, 0.15) is 0 Å². The highest BCUT2D eigenvalue weighted by atomic mass is 32.1. The van der Waals surface area contributed by atoms with Crippen molar-refractivity contribution in [3.8, 4) is 0 Å². The van der Waals surface area contributed by atoms with E-state index in [1.807, 2.05) is 7.48 Å². The van der Waals surface area contributed by atoms with Crippen LogP contribution >= 0.6 is 12.6 Å². The average molecular weight is 293 g/mol. The van der Waals surface area contributed by atoms with Crippen LogP contribution in [0.15, 0.2) is 35.9 Å². The summed E-state index contributed by atoms with van der Waals surface area (Å²) in [5.74, 6) is 0. The van der Waals surface area contributed by atoms with Gasteiger partial charge >= 0.3 is 7.48 Å². The first-order valence-electron chi connectivity index (χ1n) is 7.44. The molecule has 0 rings (SSSR count). The summed E-state index contributed by atoms with van der Waals surface area (Å²) in [5.41, 5.74) is 1.78. The van der Waals surface area contributed by atoms with E-state index in [1.165, 1.54) is 0 Å². The number of hydrogen-bond acceptors (Lipinski definition) is 2. The summed E-state index contributed by atoms with van der Waals surface area (Å²) in [7, 11) is 1.82. The minimum Gasteiger partial charge on any atom is -0.428 e. The quantitative estimate of drug-likeness (QED) is 0.344. The molecule has 0 amide bonds. The van der Waals surface area contributed by atoms with E-state index < -0.39 is 0 Å². The Kier molecular flexibility index (Phi) is 8.61. The predicted octanol–water partition coefficient (Wildman–Crippen LogP) is 5.32. The van der Waals surface area contributed by atoms with Crippen LogP contribution in [0.3, 0.4) is 0 Å². The largest absolute Gasteiger partial charge is 0.428 e. The van der Waals surface area contributed by atoms with Crippen LogP contribution in [0.5, 0.6) is 0 Å². The SMILES string of the molecule is C=C(CC)/C([B]OC(C)(C)C(C)(C)S)=C\C=C/CCC. The molecule has 0 atom stereocenters. The highest BCUT2D eigenvalue weighted by molar-refractivity contribution is 7.81. The molecule has 0 aromatic carbocycles. The van der Waals surface area contributed by atoms with Crippen LogP contribution in [-0.2, 0) is 4.65 Å². The second kappa shape index (κ2) is 8.79. The molecule has 0 unspecified atom stereocenters. The summed E-state index contributed by atoms with van der Waals surface area (Å²) in [4.78, 5) is 0. The van der Waals surface area contributed by atoms with E-state index in [0.29, 0.717) is 0 Å². The second-order valence-corrected chi connectivity index (χ2v) is 7.22. The normalized spacial score (nSPS) is 13.8. The molecule has 0 N–H and O–H groups in total. The van der Waals surface area contributed by atoms with Crippen molar-refractivity contribution in [3.05, 3.63) is 35.9 Å². The molecule has 0 aromatic rings. The number of rotatable bonds is 9. The van der Waals surface area contributed by atoms with Crippen molar-refractivity contribution in [1.82, 2.24) is 0 Å². The highest BCUT2D eigenvalue weighted by Gasteiger charge is 2.34. The van der Waals surface area contributed by atoms with Gasteiger partial charge in [0, 0.05) is 4.75 Å². The van der Waals surface area contributed by atoms with Gasteiger partial charge in [0.25, 0.3) is 0 Å². The average Bonchev–Trinajstić information content (AvgIpc) is 2.35. The molecule has 0 spiro atoms. The molecule has 1 radical (unpaired) electrons. The van der Waals surface area contributed by atoms with Gasteiger partial charge in [0.05, 0.1) is 5.60 Å². The summed E-state index contributed by atoms with van der Waals surface area (Å²) in [6.45, 7) is 16.6. The van der Waals surface area contributed by atoms with Gasteiger partial charge in [-0.25, -0.2) is 0 Å². The van der Waals surface area contributed by atoms with Crippen LogP contribution in [-0.4, -0.2) is 17.8 Å². The summed E-state index contributed by atoms with van der Waals surface area (Å²) >= 11 is 4.61. The Hall–Kier alpha value is -0.405. The standard InChI is InChI=1S/C17H30BOS/c1-8-10-11-12-13-15(14(3)9-2)18-19-16(4,5)17(6,7)20/h11-13,20H,3,8-10H2,1-2,4-7H3/b12-11-,15-13+. The molecule has 113 valence electrons. The van der Waals surface area contributed by atoms with Crippen LogP contribution in [0.25, 0.3) is 0 Å². The van der Waals surface area contributed by atoms with Gasteiger partial charge in [-0.1, -0.05) is 56.1 Å². The smallest absolute Gasteiger partial charge is 0.331 e. The monoisotopic (exact) mass is 293 g/mol. The third-order valence-electron chi connectivity index (χ3n) is 3.66. The Morgan fingerprint density at radius 2 is 1.85 bits per heavy atom. The van der Waals surface area contributed by atoms with Crippen molar-refractivity contribution in [2.24, 2.45) is 0 Å². The molecule has 0 fully saturated rings. The van der Waals surface area contributed by atoms with E-state index in [0.717, 1.165) is 30.3 Å². The van der Waals surface area contributed by atoms with Gasteiger partial charge < -0.3 is 4.65 Å². The van der Waals surface area contributed by atoms with E-state index in [2.05, 4.69) is 79.0 Å². The molecule has 20 heavy (non-hydrogen) atoms. The number of thiol groups is 1. The molecule has 0 aliphatic rings. The Bertz CT molecular complexity index is 362. The maximum Gasteiger partial charge on any atom is 0.331 e. The van der Waals surface area contributed by atoms with Gasteiger partial charge in [-0.15, -0.1) is 0 Å². The maximum absolute atomic E-state index is 5.97. The Balaban J connectivity index is 4.81. The fourth-order valence-corrected chi connectivity index (χ4v) is 1.29. The second-order valence-electron chi connectivity index (χ2n) is 6.10. The van der Waals surface area contributed by atoms with E-state index >= 15 is 0 Å². The fourth-order valence-electron chi connectivity index (χ4n) is 1.23. The van der Waals surface area contributed by atoms with Crippen molar-refractivity contribution in [2.75, 3.05) is 0 Å². The summed E-state index contributed by atoms with van der Waals surface area (Å²) < 4.78 is 5.75. The van der Waals surface area contributed by atoms with Crippen molar-refractivity contribution in [3.63, 3.8) is 0 Å². The lowest BCUT2D eigenvalue weighted by molar-refractivity contribution is 0.0845. The maximum atomic E-state index is 5.97. The molecule has 0 aliphatic carbocycles. The molecule has 0 aliphatic heterocycles. The molecule has 0 saturated carbocycles. The first-order valence-corrected chi connectivity index (χ1v) is 7.88. The summed E-state index contributed by atoms with van der Waals surface area (Å²) in [6.07, 6.45) is 9.50. The van der Waals surface area contributed by atoms with Crippen molar-refractivity contribution in [1.29, 1.82) is 0 Å². The van der Waals surface area contributed by atoms with Crippen molar-refractivity contribution >= 4 is 20.1 Å². The molecule has 0 aromatic heterocycles. The molecule has 0 bridgehead atoms. The zero-order chi connectivity index (χ0) is 15.8. The van der Waals surface area contributed by atoms with E-state index in [1.54, 1.807) is 0 Å². The van der Waals surface area contributed by atoms with Gasteiger partial charge in [-0.3, -0.25) is 0 Å². The van der Waals surface area contributed by atoms with Gasteiger partial charge in [-0.2, -0.15) is 12.6 Å². The van der Waals surface area contributed by atoms with Crippen LogP contribution < -0.4 is 0 Å². The molecular weight excluding hydrogens is 263 g/mol. The van der Waals surface area contributed by atoms with Crippen molar-refractivity contribution in [2.45, 2.75) is 71.2 Å². The summed E-state index contributed by atoms with van der Waals surface area (Å²) in [6, 6.07) is 0. The number of hydrogen-bond donors (Lipinski definition) is 1. The molecule has 3 heteroatoms. The van der Waals surface area contributed by atoms with Gasteiger partial charge in [-0.05, 0) is 40.5 Å². The zero-order valence-corrected chi connectivity index (χ0v) is 14.9. The van der Waals surface area contributed by atoms with Crippen LogP contribution in [0.4, 0.5) is 0 Å². The molecule has 0 heterocycles. The fraction of sp³-hybridized carbons (Fsp3) is 0.647. The molecule has 0 saturated heterocycles. The first kappa shape index (κ1) is 19.6. The Morgan fingerprint density at radius 3 is 2.30 bits per heavy atom. The Labute approximate surface area is 132 Å². The van der Waals surface area contributed by atoms with Gasteiger partial charge in [0.15, 0.2) is 0 Å². The molecule has 1 nitrogen and oxygen atoms in total. The third-order valence-corrected chi connectivity index (χ3v) is 4.19. The number of allylic oxidation sites excluding steroid dienone is 5. The van der Waals surface area contributed by atoms with Crippen molar-refractivity contribution < 1.29 is 4.65 Å². The van der Waals surface area contributed by atoms with Crippen LogP contribution in [0.2, 0.25) is 0 Å². The van der Waals surface area contributed by atoms with Crippen LogP contribution in [0, 0.1) is 0 Å². The lowest BCUT2D eigenvalue weighted by atomic mass is 9.78. The predicted molar refractivity (Wildman–Crippen MR) is 95.5 cm³/mol. The van der Waals surface area contributed by atoms with E-state index in [-0.39, 0.29) is 10.3 Å². The van der Waals surface area contributed by atoms with E-state index in [4.69, 9.17) is 4.65 Å². The summed E-state index contributed by atoms with van der Waals surface area (Å²) in [5, 5.41) is 0. The lowest BCUT2D eigenvalue weighted by Crippen LogP contribution is -2.44. The Morgan fingerprint density at radius 1 is 1.25 bits per heavy atom. The first-order chi connectivity index (χ1) is 9.15. The minimum atomic E-state index is -0.351.